The number of rotatable bonds is 5. The fourth-order valence-corrected chi connectivity index (χ4v) is 4.64. The van der Waals surface area contributed by atoms with E-state index in [1.807, 2.05) is 0 Å². The summed E-state index contributed by atoms with van der Waals surface area (Å²) in [5, 5.41) is 20.3. The van der Waals surface area contributed by atoms with Gasteiger partial charge in [0.25, 0.3) is 11.6 Å². The van der Waals surface area contributed by atoms with Gasteiger partial charge in [-0.25, -0.2) is 0 Å². The number of fused-ring (bicyclic) bond motifs is 1. The van der Waals surface area contributed by atoms with Crippen LogP contribution in [0.15, 0.2) is 18.2 Å². The molecule has 31 heavy (non-hydrogen) atoms. The smallest absolute Gasteiger partial charge is 0.293 e. The number of nitro groups is 1. The maximum Gasteiger partial charge on any atom is 0.293 e. The summed E-state index contributed by atoms with van der Waals surface area (Å²) in [5.41, 5.74) is 0.904. The predicted octanol–water partition coefficient (Wildman–Crippen LogP) is 3.42. The Hall–Kier alpha value is -2.97. The lowest BCUT2D eigenvalue weighted by atomic mass is 9.99. The minimum Gasteiger partial charge on any atom is -0.366 e. The summed E-state index contributed by atoms with van der Waals surface area (Å²) < 4.78 is 2.11. The first-order valence-electron chi connectivity index (χ1n) is 11.1. The molecule has 4 rings (SSSR count). The Morgan fingerprint density at radius 2 is 2.06 bits per heavy atom. The Kier molecular flexibility index (Phi) is 6.20. The van der Waals surface area contributed by atoms with Crippen LogP contribution in [0.2, 0.25) is 0 Å². The van der Waals surface area contributed by atoms with Crippen molar-refractivity contribution in [2.24, 2.45) is 5.92 Å². The highest BCUT2D eigenvalue weighted by Crippen LogP contribution is 2.32. The first kappa shape index (κ1) is 21.3. The van der Waals surface area contributed by atoms with Gasteiger partial charge in [0.05, 0.1) is 11.5 Å². The normalized spacial score (nSPS) is 18.9. The highest BCUT2D eigenvalue weighted by Gasteiger charge is 2.26. The molecule has 1 aromatic heterocycles. The molecule has 1 saturated heterocycles. The van der Waals surface area contributed by atoms with Crippen molar-refractivity contribution in [3.8, 4) is 0 Å². The SMILES string of the molecule is CC1CCCN(c2ccc(C(=O)N(C)Cc3nnc4n3CCCCC4)cc2[N+](=O)[O-])C1. The van der Waals surface area contributed by atoms with E-state index in [0.29, 0.717) is 23.7 Å². The molecule has 166 valence electrons. The monoisotopic (exact) mass is 426 g/mol. The fourth-order valence-electron chi connectivity index (χ4n) is 4.64. The minimum absolute atomic E-state index is 0.00954. The van der Waals surface area contributed by atoms with Crippen LogP contribution in [-0.2, 0) is 19.5 Å². The molecule has 1 atom stereocenters. The van der Waals surface area contributed by atoms with Gasteiger partial charge in [-0.05, 0) is 43.7 Å². The molecular formula is C22H30N6O3. The summed E-state index contributed by atoms with van der Waals surface area (Å²) in [6.45, 7) is 4.96. The molecule has 9 heteroatoms. The molecule has 0 N–H and O–H groups in total. The summed E-state index contributed by atoms with van der Waals surface area (Å²) in [4.78, 5) is 28.1. The number of hydrogen-bond donors (Lipinski definition) is 0. The van der Waals surface area contributed by atoms with E-state index in [1.54, 1.807) is 24.1 Å². The summed E-state index contributed by atoms with van der Waals surface area (Å²) in [6, 6.07) is 4.84. The van der Waals surface area contributed by atoms with Crippen LogP contribution in [0.4, 0.5) is 11.4 Å². The number of carbonyl (C=O) groups excluding carboxylic acids is 1. The number of anilines is 1. The molecule has 1 aromatic carbocycles. The number of aromatic nitrogens is 3. The number of benzene rings is 1. The highest BCUT2D eigenvalue weighted by molar-refractivity contribution is 5.95. The number of carbonyl (C=O) groups is 1. The third-order valence-electron chi connectivity index (χ3n) is 6.33. The van der Waals surface area contributed by atoms with E-state index in [4.69, 9.17) is 0 Å². The van der Waals surface area contributed by atoms with Crippen molar-refractivity contribution in [3.63, 3.8) is 0 Å². The number of nitrogens with zero attached hydrogens (tertiary/aromatic N) is 6. The zero-order valence-corrected chi connectivity index (χ0v) is 18.3. The topological polar surface area (TPSA) is 97.4 Å². The van der Waals surface area contributed by atoms with E-state index in [-0.39, 0.29) is 16.5 Å². The van der Waals surface area contributed by atoms with Gasteiger partial charge in [-0.2, -0.15) is 0 Å². The average Bonchev–Trinajstić information content (AvgIpc) is 2.98. The number of piperidine rings is 1. The molecule has 1 amide bonds. The van der Waals surface area contributed by atoms with E-state index in [2.05, 4.69) is 26.6 Å². The van der Waals surface area contributed by atoms with Gasteiger partial charge in [-0.1, -0.05) is 13.3 Å². The van der Waals surface area contributed by atoms with Crippen molar-refractivity contribution >= 4 is 17.3 Å². The predicted molar refractivity (Wildman–Crippen MR) is 117 cm³/mol. The summed E-state index contributed by atoms with van der Waals surface area (Å²) in [6.07, 6.45) is 6.43. The van der Waals surface area contributed by atoms with Crippen LogP contribution in [0.5, 0.6) is 0 Å². The lowest BCUT2D eigenvalue weighted by Crippen LogP contribution is -2.34. The van der Waals surface area contributed by atoms with Crippen LogP contribution < -0.4 is 4.90 Å². The zero-order chi connectivity index (χ0) is 22.0. The molecule has 0 aliphatic carbocycles. The van der Waals surface area contributed by atoms with Gasteiger partial charge in [0.2, 0.25) is 0 Å². The molecule has 1 fully saturated rings. The molecule has 1 unspecified atom stereocenters. The standard InChI is InChI=1S/C22H30N6O3/c1-16-7-6-11-26(14-16)18-10-9-17(13-19(18)28(30)31)22(29)25(2)15-21-24-23-20-8-4-3-5-12-27(20)21/h9-10,13,16H,3-8,11-12,14-15H2,1-2H3. The average molecular weight is 427 g/mol. The van der Waals surface area contributed by atoms with Crippen LogP contribution in [0, 0.1) is 16.0 Å². The molecule has 0 spiro atoms. The van der Waals surface area contributed by atoms with Gasteiger partial charge >= 0.3 is 0 Å². The second-order valence-corrected chi connectivity index (χ2v) is 8.81. The molecule has 3 heterocycles. The van der Waals surface area contributed by atoms with Gasteiger partial charge in [0.1, 0.15) is 11.5 Å². The molecule has 0 bridgehead atoms. The van der Waals surface area contributed by atoms with Crippen LogP contribution in [0.25, 0.3) is 0 Å². The lowest BCUT2D eigenvalue weighted by molar-refractivity contribution is -0.384. The summed E-state index contributed by atoms with van der Waals surface area (Å²) in [5.74, 6) is 1.98. The highest BCUT2D eigenvalue weighted by atomic mass is 16.6. The molecule has 0 radical (unpaired) electrons. The third-order valence-corrected chi connectivity index (χ3v) is 6.33. The van der Waals surface area contributed by atoms with E-state index in [0.717, 1.165) is 63.4 Å². The molecule has 2 aliphatic rings. The van der Waals surface area contributed by atoms with Crippen molar-refractivity contribution < 1.29 is 9.72 Å². The van der Waals surface area contributed by atoms with Crippen LogP contribution >= 0.6 is 0 Å². The van der Waals surface area contributed by atoms with E-state index >= 15 is 0 Å². The van der Waals surface area contributed by atoms with Crippen LogP contribution in [0.3, 0.4) is 0 Å². The van der Waals surface area contributed by atoms with Crippen molar-refractivity contribution in [3.05, 3.63) is 45.5 Å². The third kappa shape index (κ3) is 4.55. The number of nitro benzene ring substituents is 1. The van der Waals surface area contributed by atoms with Crippen LogP contribution in [-0.4, -0.2) is 50.6 Å². The zero-order valence-electron chi connectivity index (χ0n) is 18.3. The Morgan fingerprint density at radius 1 is 1.23 bits per heavy atom. The Balaban J connectivity index is 1.53. The first-order chi connectivity index (χ1) is 14.9. The maximum absolute atomic E-state index is 13.1. The second-order valence-electron chi connectivity index (χ2n) is 8.81. The fraction of sp³-hybridized carbons (Fsp3) is 0.591. The Bertz CT molecular complexity index is 972. The van der Waals surface area contributed by atoms with E-state index < -0.39 is 0 Å². The number of hydrogen-bond acceptors (Lipinski definition) is 6. The van der Waals surface area contributed by atoms with Gasteiger partial charge in [0, 0.05) is 44.7 Å². The maximum atomic E-state index is 13.1. The molecule has 2 aliphatic heterocycles. The van der Waals surface area contributed by atoms with Crippen molar-refractivity contribution in [1.82, 2.24) is 19.7 Å². The van der Waals surface area contributed by atoms with Crippen molar-refractivity contribution in [2.45, 2.75) is 58.5 Å². The van der Waals surface area contributed by atoms with Gasteiger partial charge in [0.15, 0.2) is 5.82 Å². The Labute approximate surface area is 182 Å². The van der Waals surface area contributed by atoms with Crippen LogP contribution in [0.1, 0.15) is 61.0 Å². The van der Waals surface area contributed by atoms with Crippen molar-refractivity contribution in [1.29, 1.82) is 0 Å². The van der Waals surface area contributed by atoms with E-state index in [1.165, 1.54) is 12.5 Å². The largest absolute Gasteiger partial charge is 0.366 e. The number of aryl methyl sites for hydroxylation is 1. The summed E-state index contributed by atoms with van der Waals surface area (Å²) in [7, 11) is 1.70. The second kappa shape index (κ2) is 9.03. The number of amides is 1. The van der Waals surface area contributed by atoms with Gasteiger partial charge < -0.3 is 14.4 Å². The molecule has 2 aromatic rings. The lowest BCUT2D eigenvalue weighted by Gasteiger charge is -2.32. The quantitative estimate of drug-likeness (QED) is 0.537. The van der Waals surface area contributed by atoms with E-state index in [9.17, 15) is 14.9 Å². The molecule has 0 saturated carbocycles. The molecular weight excluding hydrogens is 396 g/mol. The Morgan fingerprint density at radius 3 is 2.84 bits per heavy atom. The van der Waals surface area contributed by atoms with Crippen molar-refractivity contribution in [2.75, 3.05) is 25.0 Å². The van der Waals surface area contributed by atoms with Gasteiger partial charge in [-0.15, -0.1) is 10.2 Å². The van der Waals surface area contributed by atoms with Gasteiger partial charge in [-0.3, -0.25) is 14.9 Å². The summed E-state index contributed by atoms with van der Waals surface area (Å²) >= 11 is 0. The minimum atomic E-state index is -0.385. The first-order valence-corrected chi connectivity index (χ1v) is 11.1. The molecule has 9 nitrogen and oxygen atoms in total.